The molecular weight excluding hydrogens is 373 g/mol. The molecule has 2 aromatic rings. The van der Waals surface area contributed by atoms with Crippen molar-refractivity contribution in [1.29, 1.82) is 0 Å². The zero-order chi connectivity index (χ0) is 19.2. The molecule has 0 saturated heterocycles. The first kappa shape index (κ1) is 20.2. The van der Waals surface area contributed by atoms with Gasteiger partial charge in [-0.2, -0.15) is 18.3 Å². The van der Waals surface area contributed by atoms with Crippen LogP contribution in [0.1, 0.15) is 16.1 Å². The Kier molecular flexibility index (Phi) is 7.01. The van der Waals surface area contributed by atoms with Gasteiger partial charge in [-0.3, -0.25) is 4.79 Å². The van der Waals surface area contributed by atoms with Gasteiger partial charge in [0, 0.05) is 31.8 Å². The van der Waals surface area contributed by atoms with Gasteiger partial charge in [0.1, 0.15) is 0 Å². The summed E-state index contributed by atoms with van der Waals surface area (Å²) in [5, 5.41) is 9.54. The molecule has 0 aliphatic carbocycles. The van der Waals surface area contributed by atoms with Crippen molar-refractivity contribution in [3.8, 4) is 5.69 Å². The van der Waals surface area contributed by atoms with E-state index in [-0.39, 0.29) is 12.2 Å². The van der Waals surface area contributed by atoms with Gasteiger partial charge in [0.2, 0.25) is 0 Å². The maximum absolute atomic E-state index is 13.5. The van der Waals surface area contributed by atoms with E-state index >= 15 is 0 Å². The van der Waals surface area contributed by atoms with Gasteiger partial charge in [0.05, 0.1) is 24.1 Å². The van der Waals surface area contributed by atoms with Crippen LogP contribution >= 0.6 is 11.6 Å². The van der Waals surface area contributed by atoms with Crippen molar-refractivity contribution in [2.45, 2.75) is 6.18 Å². The number of methoxy groups -OCH3 is 1. The number of amides is 1. The average Bonchev–Trinajstić information content (AvgIpc) is 3.04. The first-order chi connectivity index (χ1) is 12.3. The molecule has 0 saturated carbocycles. The number of rotatable bonds is 8. The molecule has 0 aliphatic rings. The minimum Gasteiger partial charge on any atom is -0.383 e. The SMILES string of the molecule is COCCNCCNC(=O)c1cnn(-c2ccc(Cl)cc2)c1C(F)(F)F. The zero-order valence-electron chi connectivity index (χ0n) is 13.9. The van der Waals surface area contributed by atoms with Crippen LogP contribution in [0.25, 0.3) is 5.69 Å². The molecule has 1 aromatic carbocycles. The quantitative estimate of drug-likeness (QED) is 0.680. The van der Waals surface area contributed by atoms with E-state index in [1.165, 1.54) is 24.3 Å². The van der Waals surface area contributed by atoms with Crippen molar-refractivity contribution in [3.63, 3.8) is 0 Å². The Balaban J connectivity index is 2.16. The van der Waals surface area contributed by atoms with Gasteiger partial charge in [0.25, 0.3) is 5.91 Å². The number of hydrogen-bond donors (Lipinski definition) is 2. The molecule has 26 heavy (non-hydrogen) atoms. The maximum atomic E-state index is 13.5. The van der Waals surface area contributed by atoms with Crippen molar-refractivity contribution in [2.75, 3.05) is 33.4 Å². The van der Waals surface area contributed by atoms with Crippen molar-refractivity contribution >= 4 is 17.5 Å². The molecule has 2 N–H and O–H groups in total. The highest BCUT2D eigenvalue weighted by atomic mass is 35.5. The van der Waals surface area contributed by atoms with Crippen LogP contribution in [-0.4, -0.2) is 49.0 Å². The molecule has 0 radical (unpaired) electrons. The summed E-state index contributed by atoms with van der Waals surface area (Å²) in [6.07, 6.45) is -3.84. The lowest BCUT2D eigenvalue weighted by Crippen LogP contribution is -2.34. The Bertz CT molecular complexity index is 732. The normalized spacial score (nSPS) is 11.6. The summed E-state index contributed by atoms with van der Waals surface area (Å²) in [6.45, 7) is 1.66. The molecule has 0 fully saturated rings. The van der Waals surface area contributed by atoms with Gasteiger partial charge in [-0.15, -0.1) is 0 Å². The summed E-state index contributed by atoms with van der Waals surface area (Å²) in [6, 6.07) is 5.69. The number of carbonyl (C=O) groups excluding carboxylic acids is 1. The third-order valence-electron chi connectivity index (χ3n) is 3.42. The van der Waals surface area contributed by atoms with E-state index in [1.807, 2.05) is 0 Å². The summed E-state index contributed by atoms with van der Waals surface area (Å²) >= 11 is 5.76. The van der Waals surface area contributed by atoms with Gasteiger partial charge >= 0.3 is 6.18 Å². The molecule has 0 bridgehead atoms. The second-order valence-corrected chi connectivity index (χ2v) is 5.73. The number of hydrogen-bond acceptors (Lipinski definition) is 4. The summed E-state index contributed by atoms with van der Waals surface area (Å²) in [7, 11) is 1.56. The molecule has 2 rings (SSSR count). The standard InChI is InChI=1S/C16H18ClF3N4O2/c1-26-9-8-21-6-7-22-15(25)13-10-23-24(14(13)16(18,19)20)12-4-2-11(17)3-5-12/h2-5,10,21H,6-9H2,1H3,(H,22,25). The lowest BCUT2D eigenvalue weighted by molar-refractivity contribution is -0.143. The van der Waals surface area contributed by atoms with Crippen molar-refractivity contribution in [1.82, 2.24) is 20.4 Å². The van der Waals surface area contributed by atoms with Gasteiger partial charge in [-0.1, -0.05) is 11.6 Å². The average molecular weight is 391 g/mol. The Labute approximate surface area is 153 Å². The molecule has 10 heteroatoms. The Hall–Kier alpha value is -2.10. The highest BCUT2D eigenvalue weighted by molar-refractivity contribution is 6.30. The predicted octanol–water partition coefficient (Wildman–Crippen LogP) is 2.51. The van der Waals surface area contributed by atoms with E-state index in [2.05, 4.69) is 15.7 Å². The van der Waals surface area contributed by atoms with E-state index in [0.29, 0.717) is 29.4 Å². The highest BCUT2D eigenvalue weighted by Crippen LogP contribution is 2.33. The van der Waals surface area contributed by atoms with Crippen LogP contribution in [0, 0.1) is 0 Å². The van der Waals surface area contributed by atoms with Crippen molar-refractivity contribution in [3.05, 3.63) is 46.7 Å². The topological polar surface area (TPSA) is 68.2 Å². The zero-order valence-corrected chi connectivity index (χ0v) is 14.7. The van der Waals surface area contributed by atoms with E-state index < -0.39 is 23.3 Å². The smallest absolute Gasteiger partial charge is 0.383 e. The third-order valence-corrected chi connectivity index (χ3v) is 3.68. The molecule has 142 valence electrons. The lowest BCUT2D eigenvalue weighted by atomic mass is 10.2. The summed E-state index contributed by atoms with van der Waals surface area (Å²) in [5.74, 6) is -0.842. The molecule has 1 heterocycles. The molecular formula is C16H18ClF3N4O2. The summed E-state index contributed by atoms with van der Waals surface area (Å²) in [4.78, 5) is 12.2. The van der Waals surface area contributed by atoms with E-state index in [0.717, 1.165) is 6.20 Å². The maximum Gasteiger partial charge on any atom is 0.434 e. The van der Waals surface area contributed by atoms with Crippen LogP contribution in [0.2, 0.25) is 5.02 Å². The minimum absolute atomic E-state index is 0.155. The van der Waals surface area contributed by atoms with Crippen molar-refractivity contribution < 1.29 is 22.7 Å². The fraction of sp³-hybridized carbons (Fsp3) is 0.375. The van der Waals surface area contributed by atoms with Crippen LogP contribution in [0.15, 0.2) is 30.5 Å². The monoisotopic (exact) mass is 390 g/mol. The number of benzene rings is 1. The number of aromatic nitrogens is 2. The number of nitrogens with zero attached hydrogens (tertiary/aromatic N) is 2. The molecule has 0 atom stereocenters. The van der Waals surface area contributed by atoms with Crippen LogP contribution in [0.5, 0.6) is 0 Å². The molecule has 0 unspecified atom stereocenters. The minimum atomic E-state index is -4.75. The number of nitrogens with one attached hydrogen (secondary N) is 2. The van der Waals surface area contributed by atoms with Gasteiger partial charge in [-0.05, 0) is 24.3 Å². The number of ether oxygens (including phenoxy) is 1. The number of alkyl halides is 3. The van der Waals surface area contributed by atoms with E-state index in [1.54, 1.807) is 7.11 Å². The van der Waals surface area contributed by atoms with Crippen molar-refractivity contribution in [2.24, 2.45) is 0 Å². The van der Waals surface area contributed by atoms with Crippen LogP contribution < -0.4 is 10.6 Å². The fourth-order valence-corrected chi connectivity index (χ4v) is 2.35. The molecule has 0 spiro atoms. The first-order valence-electron chi connectivity index (χ1n) is 7.73. The van der Waals surface area contributed by atoms with Gasteiger partial charge < -0.3 is 15.4 Å². The number of halogens is 4. The highest BCUT2D eigenvalue weighted by Gasteiger charge is 2.40. The Morgan fingerprint density at radius 2 is 1.92 bits per heavy atom. The fourth-order valence-electron chi connectivity index (χ4n) is 2.22. The molecule has 0 aliphatic heterocycles. The lowest BCUT2D eigenvalue weighted by Gasteiger charge is -2.13. The molecule has 6 nitrogen and oxygen atoms in total. The second-order valence-electron chi connectivity index (χ2n) is 5.29. The van der Waals surface area contributed by atoms with Gasteiger partial charge in [0.15, 0.2) is 5.69 Å². The largest absolute Gasteiger partial charge is 0.434 e. The molecule has 1 amide bonds. The van der Waals surface area contributed by atoms with Gasteiger partial charge in [-0.25, -0.2) is 4.68 Å². The van der Waals surface area contributed by atoms with Crippen LogP contribution in [0.3, 0.4) is 0 Å². The van der Waals surface area contributed by atoms with E-state index in [9.17, 15) is 18.0 Å². The summed E-state index contributed by atoms with van der Waals surface area (Å²) in [5.41, 5.74) is -1.52. The first-order valence-corrected chi connectivity index (χ1v) is 8.11. The molecule has 1 aromatic heterocycles. The third kappa shape index (κ3) is 5.20. The van der Waals surface area contributed by atoms with Crippen LogP contribution in [-0.2, 0) is 10.9 Å². The van der Waals surface area contributed by atoms with Crippen LogP contribution in [0.4, 0.5) is 13.2 Å². The van der Waals surface area contributed by atoms with E-state index in [4.69, 9.17) is 16.3 Å². The Morgan fingerprint density at radius 3 is 2.54 bits per heavy atom. The predicted molar refractivity (Wildman–Crippen MR) is 90.7 cm³/mol. The number of carbonyl (C=O) groups is 1. The Morgan fingerprint density at radius 1 is 1.23 bits per heavy atom. The second kappa shape index (κ2) is 9.02. The summed E-state index contributed by atoms with van der Waals surface area (Å²) < 4.78 is 46.0.